The number of para-hydroxylation sites is 1. The molecule has 2 aliphatic rings. The van der Waals surface area contributed by atoms with E-state index >= 15 is 0 Å². The first-order valence-corrected chi connectivity index (χ1v) is 6.58. The Bertz CT molecular complexity index is 722. The second kappa shape index (κ2) is 4.53. The van der Waals surface area contributed by atoms with Gasteiger partial charge in [0.05, 0.1) is 17.1 Å². The minimum atomic E-state index is 0. The highest BCUT2D eigenvalue weighted by Gasteiger charge is 2.28. The van der Waals surface area contributed by atoms with Crippen LogP contribution in [-0.4, -0.2) is 12.4 Å². The molecule has 2 heterocycles. The predicted octanol–water partition coefficient (Wildman–Crippen LogP) is 3.46. The van der Waals surface area contributed by atoms with Gasteiger partial charge in [-0.1, -0.05) is 18.2 Å². The minimum absolute atomic E-state index is 0. The summed E-state index contributed by atoms with van der Waals surface area (Å²) < 4.78 is 0. The Balaban J connectivity index is 0.00000121. The Hall–Kier alpha value is -2.00. The van der Waals surface area contributed by atoms with E-state index in [9.17, 15) is 0 Å². The average molecular weight is 286 g/mol. The number of fused-ring (bicyclic) bond motifs is 2. The second-order valence-corrected chi connectivity index (χ2v) is 5.21. The van der Waals surface area contributed by atoms with Crippen molar-refractivity contribution in [2.24, 2.45) is 10.7 Å². The third-order valence-electron chi connectivity index (χ3n) is 3.90. The summed E-state index contributed by atoms with van der Waals surface area (Å²) in [6.07, 6.45) is 1.08. The normalized spacial score (nSPS) is 14.8. The van der Waals surface area contributed by atoms with Gasteiger partial charge in [0.25, 0.3) is 0 Å². The molecular formula is C16H16ClN3. The van der Waals surface area contributed by atoms with Gasteiger partial charge in [0.2, 0.25) is 0 Å². The molecule has 0 aromatic heterocycles. The molecule has 20 heavy (non-hydrogen) atoms. The topological polar surface area (TPSA) is 41.6 Å². The van der Waals surface area contributed by atoms with Crippen LogP contribution in [-0.2, 0) is 6.42 Å². The van der Waals surface area contributed by atoms with E-state index in [-0.39, 0.29) is 12.4 Å². The SMILES string of the molecule is Cc1cc2c3c(c1)N=C(N)c1ccccc1N3CC2.Cl. The first kappa shape index (κ1) is 13.0. The molecule has 0 saturated carbocycles. The molecule has 0 bridgehead atoms. The number of benzene rings is 2. The van der Waals surface area contributed by atoms with Gasteiger partial charge in [0.1, 0.15) is 5.84 Å². The molecule has 0 amide bonds. The fourth-order valence-corrected chi connectivity index (χ4v) is 3.12. The summed E-state index contributed by atoms with van der Waals surface area (Å²) >= 11 is 0. The Labute approximate surface area is 124 Å². The molecule has 2 aromatic rings. The number of nitrogens with two attached hydrogens (primary N) is 1. The Morgan fingerprint density at radius 2 is 2.00 bits per heavy atom. The zero-order valence-electron chi connectivity index (χ0n) is 11.3. The summed E-state index contributed by atoms with van der Waals surface area (Å²) in [5.41, 5.74) is 13.2. The monoisotopic (exact) mass is 285 g/mol. The average Bonchev–Trinajstić information content (AvgIpc) is 2.77. The van der Waals surface area contributed by atoms with Crippen molar-refractivity contribution in [2.45, 2.75) is 13.3 Å². The molecule has 0 radical (unpaired) electrons. The van der Waals surface area contributed by atoms with Crippen molar-refractivity contribution in [3.63, 3.8) is 0 Å². The van der Waals surface area contributed by atoms with E-state index in [4.69, 9.17) is 5.73 Å². The van der Waals surface area contributed by atoms with Crippen molar-refractivity contribution < 1.29 is 0 Å². The Kier molecular flexibility index (Phi) is 2.94. The molecule has 2 aliphatic heterocycles. The largest absolute Gasteiger partial charge is 0.383 e. The first-order chi connectivity index (χ1) is 9.24. The molecule has 0 spiro atoms. The highest BCUT2D eigenvalue weighted by Crippen LogP contribution is 2.45. The van der Waals surface area contributed by atoms with Crippen LogP contribution in [0.5, 0.6) is 0 Å². The maximum absolute atomic E-state index is 6.17. The molecule has 102 valence electrons. The molecule has 0 atom stereocenters. The minimum Gasteiger partial charge on any atom is -0.383 e. The summed E-state index contributed by atoms with van der Waals surface area (Å²) in [6, 6.07) is 12.6. The Morgan fingerprint density at radius 1 is 1.20 bits per heavy atom. The van der Waals surface area contributed by atoms with E-state index in [0.29, 0.717) is 5.84 Å². The number of halogens is 1. The summed E-state index contributed by atoms with van der Waals surface area (Å²) in [7, 11) is 0. The quantitative estimate of drug-likeness (QED) is 0.805. The number of nitrogens with zero attached hydrogens (tertiary/aromatic N) is 2. The number of hydrogen-bond donors (Lipinski definition) is 1. The van der Waals surface area contributed by atoms with Crippen LogP contribution >= 0.6 is 12.4 Å². The molecule has 0 unspecified atom stereocenters. The van der Waals surface area contributed by atoms with Gasteiger partial charge in [0.15, 0.2) is 0 Å². The van der Waals surface area contributed by atoms with Crippen LogP contribution in [0.15, 0.2) is 41.4 Å². The van der Waals surface area contributed by atoms with Gasteiger partial charge in [-0.05, 0) is 42.7 Å². The summed E-state index contributed by atoms with van der Waals surface area (Å²) in [5.74, 6) is 0.609. The van der Waals surface area contributed by atoms with Crippen molar-refractivity contribution in [1.29, 1.82) is 0 Å². The van der Waals surface area contributed by atoms with E-state index in [0.717, 1.165) is 24.2 Å². The molecule has 2 aromatic carbocycles. The molecule has 0 fully saturated rings. The first-order valence-electron chi connectivity index (χ1n) is 6.58. The van der Waals surface area contributed by atoms with Gasteiger partial charge in [-0.2, -0.15) is 0 Å². The van der Waals surface area contributed by atoms with E-state index in [2.05, 4.69) is 41.1 Å². The highest BCUT2D eigenvalue weighted by atomic mass is 35.5. The van der Waals surface area contributed by atoms with Crippen LogP contribution in [0.4, 0.5) is 17.1 Å². The summed E-state index contributed by atoms with van der Waals surface area (Å²) in [6.45, 7) is 3.12. The maximum atomic E-state index is 6.17. The van der Waals surface area contributed by atoms with Crippen molar-refractivity contribution in [3.05, 3.63) is 53.1 Å². The lowest BCUT2D eigenvalue weighted by Gasteiger charge is -2.21. The van der Waals surface area contributed by atoms with Crippen LogP contribution in [0, 0.1) is 6.92 Å². The number of aryl methyl sites for hydroxylation is 1. The predicted molar refractivity (Wildman–Crippen MR) is 86.0 cm³/mol. The molecule has 2 N–H and O–H groups in total. The van der Waals surface area contributed by atoms with Crippen LogP contribution < -0.4 is 10.6 Å². The number of amidine groups is 1. The van der Waals surface area contributed by atoms with Gasteiger partial charge in [0, 0.05) is 12.1 Å². The number of anilines is 2. The van der Waals surface area contributed by atoms with Crippen LogP contribution in [0.25, 0.3) is 0 Å². The van der Waals surface area contributed by atoms with Gasteiger partial charge in [-0.15, -0.1) is 12.4 Å². The smallest absolute Gasteiger partial charge is 0.133 e. The molecule has 0 aliphatic carbocycles. The Morgan fingerprint density at radius 3 is 2.85 bits per heavy atom. The molecular weight excluding hydrogens is 270 g/mol. The van der Waals surface area contributed by atoms with Gasteiger partial charge >= 0.3 is 0 Å². The highest BCUT2D eigenvalue weighted by molar-refractivity contribution is 6.07. The lowest BCUT2D eigenvalue weighted by molar-refractivity contribution is 0.998. The van der Waals surface area contributed by atoms with E-state index in [1.165, 1.54) is 22.5 Å². The molecule has 3 nitrogen and oxygen atoms in total. The van der Waals surface area contributed by atoms with Crippen molar-refractivity contribution in [2.75, 3.05) is 11.4 Å². The lowest BCUT2D eigenvalue weighted by atomic mass is 10.1. The maximum Gasteiger partial charge on any atom is 0.133 e. The van der Waals surface area contributed by atoms with E-state index in [1.54, 1.807) is 0 Å². The summed E-state index contributed by atoms with van der Waals surface area (Å²) in [5, 5.41) is 0. The third kappa shape index (κ3) is 1.70. The van der Waals surface area contributed by atoms with Crippen LogP contribution in [0.1, 0.15) is 16.7 Å². The van der Waals surface area contributed by atoms with Crippen molar-refractivity contribution >= 4 is 35.3 Å². The second-order valence-electron chi connectivity index (χ2n) is 5.21. The zero-order valence-corrected chi connectivity index (χ0v) is 12.1. The van der Waals surface area contributed by atoms with Gasteiger partial charge in [-0.25, -0.2) is 4.99 Å². The van der Waals surface area contributed by atoms with Crippen LogP contribution in [0.3, 0.4) is 0 Å². The van der Waals surface area contributed by atoms with E-state index in [1.807, 2.05) is 12.1 Å². The van der Waals surface area contributed by atoms with Crippen molar-refractivity contribution in [3.8, 4) is 0 Å². The fraction of sp³-hybridized carbons (Fsp3) is 0.188. The van der Waals surface area contributed by atoms with E-state index < -0.39 is 0 Å². The number of rotatable bonds is 0. The van der Waals surface area contributed by atoms with Crippen LogP contribution in [0.2, 0.25) is 0 Å². The molecule has 4 rings (SSSR count). The summed E-state index contributed by atoms with van der Waals surface area (Å²) in [4.78, 5) is 7.00. The lowest BCUT2D eigenvalue weighted by Crippen LogP contribution is -2.18. The molecule has 0 saturated heterocycles. The third-order valence-corrected chi connectivity index (χ3v) is 3.90. The number of aliphatic imine (C=N–C) groups is 1. The zero-order chi connectivity index (χ0) is 13.0. The molecule has 4 heteroatoms. The van der Waals surface area contributed by atoms with Gasteiger partial charge < -0.3 is 10.6 Å². The van der Waals surface area contributed by atoms with Gasteiger partial charge in [-0.3, -0.25) is 0 Å². The van der Waals surface area contributed by atoms with Crippen molar-refractivity contribution in [1.82, 2.24) is 0 Å². The standard InChI is InChI=1S/C16H15N3.ClH/c1-10-8-11-6-7-19-14-5-3-2-4-12(14)16(17)18-13(9-10)15(11)19;/h2-5,8-9H,6-7H2,1H3,(H2,17,18);1H. The number of hydrogen-bond acceptors (Lipinski definition) is 3. The fourth-order valence-electron chi connectivity index (χ4n) is 3.12.